The van der Waals surface area contributed by atoms with Gasteiger partial charge in [0.25, 0.3) is 0 Å². The summed E-state index contributed by atoms with van der Waals surface area (Å²) in [5, 5.41) is 6.43. The Bertz CT molecular complexity index is 715. The summed E-state index contributed by atoms with van der Waals surface area (Å²) in [6.07, 6.45) is 0.426. The van der Waals surface area contributed by atoms with Crippen LogP contribution in [0.4, 0.5) is 0 Å². The molecule has 0 saturated carbocycles. The quantitative estimate of drug-likeness (QED) is 0.941. The SMILES string of the molecule is Cc1cccc(-c2nc(CC(=O)N3C[C@H]4CNC[C@H]4C3)cs2)c1. The fraction of sp³-hybridized carbons (Fsp3) is 0.444. The van der Waals surface area contributed by atoms with E-state index in [9.17, 15) is 4.79 Å². The molecule has 1 aromatic carbocycles. The molecule has 23 heavy (non-hydrogen) atoms. The number of carbonyl (C=O) groups is 1. The summed E-state index contributed by atoms with van der Waals surface area (Å²) in [6.45, 7) is 6.02. The van der Waals surface area contributed by atoms with Crippen LogP contribution in [0.1, 0.15) is 11.3 Å². The van der Waals surface area contributed by atoms with Crippen molar-refractivity contribution in [3.8, 4) is 10.6 Å². The van der Waals surface area contributed by atoms with Gasteiger partial charge in [-0.05, 0) is 24.8 Å². The Morgan fingerprint density at radius 1 is 1.35 bits per heavy atom. The van der Waals surface area contributed by atoms with Crippen molar-refractivity contribution < 1.29 is 4.79 Å². The maximum absolute atomic E-state index is 12.5. The number of thiazole rings is 1. The number of benzene rings is 1. The second-order valence-electron chi connectivity index (χ2n) is 6.67. The first-order valence-electron chi connectivity index (χ1n) is 8.19. The number of fused-ring (bicyclic) bond motifs is 1. The number of amides is 1. The van der Waals surface area contributed by atoms with E-state index < -0.39 is 0 Å². The van der Waals surface area contributed by atoms with Gasteiger partial charge < -0.3 is 10.2 Å². The lowest BCUT2D eigenvalue weighted by atomic mass is 10.0. The Hall–Kier alpha value is -1.72. The van der Waals surface area contributed by atoms with Crippen molar-refractivity contribution in [1.29, 1.82) is 0 Å². The van der Waals surface area contributed by atoms with Gasteiger partial charge in [-0.2, -0.15) is 0 Å². The highest BCUT2D eigenvalue weighted by Crippen LogP contribution is 2.28. The molecule has 1 N–H and O–H groups in total. The normalized spacial score (nSPS) is 23.3. The molecule has 0 spiro atoms. The summed E-state index contributed by atoms with van der Waals surface area (Å²) in [5.74, 6) is 1.52. The zero-order chi connectivity index (χ0) is 15.8. The minimum absolute atomic E-state index is 0.223. The molecule has 4 nitrogen and oxygen atoms in total. The lowest BCUT2D eigenvalue weighted by molar-refractivity contribution is -0.129. The molecule has 2 aromatic rings. The van der Waals surface area contributed by atoms with Gasteiger partial charge in [0.05, 0.1) is 12.1 Å². The van der Waals surface area contributed by atoms with Crippen LogP contribution < -0.4 is 5.32 Å². The van der Waals surface area contributed by atoms with Crippen LogP contribution in [0.25, 0.3) is 10.6 Å². The minimum Gasteiger partial charge on any atom is -0.342 e. The first-order valence-corrected chi connectivity index (χ1v) is 9.07. The van der Waals surface area contributed by atoms with E-state index in [2.05, 4.69) is 35.4 Å². The van der Waals surface area contributed by atoms with Crippen molar-refractivity contribution in [3.05, 3.63) is 40.9 Å². The molecule has 0 radical (unpaired) electrons. The van der Waals surface area contributed by atoms with Crippen LogP contribution >= 0.6 is 11.3 Å². The first kappa shape index (κ1) is 14.8. The summed E-state index contributed by atoms with van der Waals surface area (Å²) in [6, 6.07) is 8.35. The number of carbonyl (C=O) groups excluding carboxylic acids is 1. The molecule has 0 aliphatic carbocycles. The maximum atomic E-state index is 12.5. The van der Waals surface area contributed by atoms with Gasteiger partial charge in [-0.25, -0.2) is 4.98 Å². The first-order chi connectivity index (χ1) is 11.2. The molecular weight excluding hydrogens is 306 g/mol. The molecule has 3 heterocycles. The molecule has 120 valence electrons. The number of aromatic nitrogens is 1. The highest BCUT2D eigenvalue weighted by molar-refractivity contribution is 7.13. The van der Waals surface area contributed by atoms with Crippen LogP contribution in [0.5, 0.6) is 0 Å². The third kappa shape index (κ3) is 3.03. The van der Waals surface area contributed by atoms with Crippen LogP contribution in [0.15, 0.2) is 29.6 Å². The second-order valence-corrected chi connectivity index (χ2v) is 7.53. The topological polar surface area (TPSA) is 45.2 Å². The third-order valence-corrected chi connectivity index (χ3v) is 5.83. The fourth-order valence-electron chi connectivity index (χ4n) is 3.62. The van der Waals surface area contributed by atoms with E-state index in [1.807, 2.05) is 16.3 Å². The average molecular weight is 327 g/mol. The van der Waals surface area contributed by atoms with E-state index in [-0.39, 0.29) is 5.91 Å². The highest BCUT2D eigenvalue weighted by atomic mass is 32.1. The van der Waals surface area contributed by atoms with E-state index in [1.54, 1.807) is 11.3 Å². The monoisotopic (exact) mass is 327 g/mol. The molecule has 2 atom stereocenters. The number of hydrogen-bond donors (Lipinski definition) is 1. The van der Waals surface area contributed by atoms with Gasteiger partial charge in [0.1, 0.15) is 5.01 Å². The molecule has 1 amide bonds. The molecule has 0 bridgehead atoms. The largest absolute Gasteiger partial charge is 0.342 e. The maximum Gasteiger partial charge on any atom is 0.228 e. The van der Waals surface area contributed by atoms with E-state index in [1.165, 1.54) is 5.56 Å². The molecule has 2 aliphatic rings. The van der Waals surface area contributed by atoms with Crippen molar-refractivity contribution in [2.75, 3.05) is 26.2 Å². The van der Waals surface area contributed by atoms with E-state index >= 15 is 0 Å². The smallest absolute Gasteiger partial charge is 0.228 e. The zero-order valence-corrected chi connectivity index (χ0v) is 14.1. The lowest BCUT2D eigenvalue weighted by Gasteiger charge is -2.16. The van der Waals surface area contributed by atoms with Gasteiger partial charge >= 0.3 is 0 Å². The van der Waals surface area contributed by atoms with Crippen LogP contribution in [0.2, 0.25) is 0 Å². The summed E-state index contributed by atoms with van der Waals surface area (Å²) in [4.78, 5) is 19.2. The number of hydrogen-bond acceptors (Lipinski definition) is 4. The van der Waals surface area contributed by atoms with Gasteiger partial charge in [0.2, 0.25) is 5.91 Å². The summed E-state index contributed by atoms with van der Waals surface area (Å²) >= 11 is 1.62. The second kappa shape index (κ2) is 6.06. The Balaban J connectivity index is 1.42. The van der Waals surface area contributed by atoms with Crippen molar-refractivity contribution in [2.24, 2.45) is 11.8 Å². The molecule has 2 saturated heterocycles. The fourth-order valence-corrected chi connectivity index (χ4v) is 4.44. The Morgan fingerprint density at radius 3 is 2.87 bits per heavy atom. The van der Waals surface area contributed by atoms with Crippen LogP contribution in [-0.2, 0) is 11.2 Å². The molecule has 5 heteroatoms. The van der Waals surface area contributed by atoms with Crippen molar-refractivity contribution >= 4 is 17.2 Å². The summed E-state index contributed by atoms with van der Waals surface area (Å²) < 4.78 is 0. The minimum atomic E-state index is 0.223. The number of nitrogens with one attached hydrogen (secondary N) is 1. The third-order valence-electron chi connectivity index (χ3n) is 4.89. The van der Waals surface area contributed by atoms with E-state index in [0.29, 0.717) is 18.3 Å². The van der Waals surface area contributed by atoms with Crippen molar-refractivity contribution in [2.45, 2.75) is 13.3 Å². The van der Waals surface area contributed by atoms with E-state index in [0.717, 1.165) is 42.4 Å². The van der Waals surface area contributed by atoms with Crippen molar-refractivity contribution in [3.63, 3.8) is 0 Å². The predicted octanol–water partition coefficient (Wildman–Crippen LogP) is 2.34. The number of nitrogens with zero attached hydrogens (tertiary/aromatic N) is 2. The standard InChI is InChI=1S/C18H21N3OS/c1-12-3-2-4-13(5-12)18-20-16(11-23-18)6-17(22)21-9-14-7-19-8-15(14)10-21/h2-5,11,14-15,19H,6-10H2,1H3/t14-,15+. The van der Waals surface area contributed by atoms with Gasteiger partial charge in [-0.15, -0.1) is 11.3 Å². The van der Waals surface area contributed by atoms with Crippen molar-refractivity contribution in [1.82, 2.24) is 15.2 Å². The molecule has 4 rings (SSSR count). The Kier molecular flexibility index (Phi) is 3.91. The Labute approximate surface area is 140 Å². The van der Waals surface area contributed by atoms with E-state index in [4.69, 9.17) is 0 Å². The summed E-state index contributed by atoms with van der Waals surface area (Å²) in [5.41, 5.74) is 3.26. The number of rotatable bonds is 3. The molecule has 1 aromatic heterocycles. The molecular formula is C18H21N3OS. The lowest BCUT2D eigenvalue weighted by Crippen LogP contribution is -2.33. The highest BCUT2D eigenvalue weighted by Gasteiger charge is 2.37. The number of likely N-dealkylation sites (tertiary alicyclic amines) is 1. The molecule has 0 unspecified atom stereocenters. The predicted molar refractivity (Wildman–Crippen MR) is 92.4 cm³/mol. The van der Waals surface area contributed by atoms with Crippen LogP contribution in [0.3, 0.4) is 0 Å². The zero-order valence-electron chi connectivity index (χ0n) is 13.3. The van der Waals surface area contributed by atoms with Crippen LogP contribution in [0, 0.1) is 18.8 Å². The van der Waals surface area contributed by atoms with Gasteiger partial charge in [0.15, 0.2) is 0 Å². The Morgan fingerprint density at radius 2 is 2.13 bits per heavy atom. The molecule has 2 aliphatic heterocycles. The molecule has 2 fully saturated rings. The number of aryl methyl sites for hydroxylation is 1. The van der Waals surface area contributed by atoms with Gasteiger partial charge in [0, 0.05) is 37.1 Å². The van der Waals surface area contributed by atoms with Gasteiger partial charge in [-0.3, -0.25) is 4.79 Å². The van der Waals surface area contributed by atoms with Gasteiger partial charge in [-0.1, -0.05) is 23.8 Å². The average Bonchev–Trinajstić information content (AvgIpc) is 3.22. The summed E-state index contributed by atoms with van der Waals surface area (Å²) in [7, 11) is 0. The van der Waals surface area contributed by atoms with Crippen LogP contribution in [-0.4, -0.2) is 42.0 Å².